The SMILES string of the molecule is CCCC=CC(O)(C(=O)O)C1CCCC1. The van der Waals surface area contributed by atoms with Crippen LogP contribution in [0.15, 0.2) is 12.2 Å². The average molecular weight is 212 g/mol. The Morgan fingerprint density at radius 3 is 2.53 bits per heavy atom. The fraction of sp³-hybridized carbons (Fsp3) is 0.750. The number of hydrogen-bond acceptors (Lipinski definition) is 2. The number of aliphatic hydroxyl groups is 1. The topological polar surface area (TPSA) is 57.5 Å². The molecule has 1 saturated carbocycles. The molecule has 0 saturated heterocycles. The first kappa shape index (κ1) is 12.2. The monoisotopic (exact) mass is 212 g/mol. The Labute approximate surface area is 90.8 Å². The van der Waals surface area contributed by atoms with E-state index in [2.05, 4.69) is 0 Å². The zero-order valence-electron chi connectivity index (χ0n) is 9.28. The summed E-state index contributed by atoms with van der Waals surface area (Å²) in [5.74, 6) is -1.22. The third-order valence-corrected chi connectivity index (χ3v) is 3.15. The maximum absolute atomic E-state index is 11.1. The minimum absolute atomic E-state index is 0.108. The van der Waals surface area contributed by atoms with Crippen molar-refractivity contribution in [3.05, 3.63) is 12.2 Å². The lowest BCUT2D eigenvalue weighted by atomic mass is 9.85. The number of aliphatic carboxylic acids is 1. The molecule has 15 heavy (non-hydrogen) atoms. The highest BCUT2D eigenvalue weighted by atomic mass is 16.4. The number of hydrogen-bond donors (Lipinski definition) is 2. The fourth-order valence-electron chi connectivity index (χ4n) is 2.18. The van der Waals surface area contributed by atoms with E-state index in [1.165, 1.54) is 6.08 Å². The van der Waals surface area contributed by atoms with Crippen LogP contribution in [0.1, 0.15) is 45.4 Å². The second kappa shape index (κ2) is 5.31. The van der Waals surface area contributed by atoms with E-state index in [0.717, 1.165) is 38.5 Å². The number of carboxylic acids is 1. The summed E-state index contributed by atoms with van der Waals surface area (Å²) in [7, 11) is 0. The van der Waals surface area contributed by atoms with Crippen LogP contribution in [0.25, 0.3) is 0 Å². The van der Waals surface area contributed by atoms with Gasteiger partial charge >= 0.3 is 5.97 Å². The van der Waals surface area contributed by atoms with E-state index < -0.39 is 11.6 Å². The van der Waals surface area contributed by atoms with Gasteiger partial charge in [-0.3, -0.25) is 0 Å². The molecule has 0 aromatic rings. The normalized spacial score (nSPS) is 22.0. The summed E-state index contributed by atoms with van der Waals surface area (Å²) in [5, 5.41) is 19.2. The Balaban J connectivity index is 2.72. The van der Waals surface area contributed by atoms with E-state index in [1.54, 1.807) is 6.08 Å². The number of unbranched alkanes of at least 4 members (excludes halogenated alkanes) is 1. The molecule has 0 aliphatic heterocycles. The van der Waals surface area contributed by atoms with Crippen LogP contribution in [-0.4, -0.2) is 21.8 Å². The van der Waals surface area contributed by atoms with Crippen LogP contribution in [-0.2, 0) is 4.79 Å². The van der Waals surface area contributed by atoms with Crippen molar-refractivity contribution in [2.75, 3.05) is 0 Å². The molecule has 2 N–H and O–H groups in total. The molecular formula is C12H20O3. The van der Waals surface area contributed by atoms with Crippen LogP contribution >= 0.6 is 0 Å². The highest BCUT2D eigenvalue weighted by Gasteiger charge is 2.42. The average Bonchev–Trinajstić information content (AvgIpc) is 2.70. The predicted octanol–water partition coefficient (Wildman–Crippen LogP) is 2.35. The molecule has 0 radical (unpaired) electrons. The molecule has 1 aliphatic carbocycles. The van der Waals surface area contributed by atoms with Gasteiger partial charge in [0.2, 0.25) is 0 Å². The lowest BCUT2D eigenvalue weighted by molar-refractivity contribution is -0.158. The third-order valence-electron chi connectivity index (χ3n) is 3.15. The Morgan fingerprint density at radius 1 is 1.47 bits per heavy atom. The van der Waals surface area contributed by atoms with Gasteiger partial charge in [-0.25, -0.2) is 4.79 Å². The largest absolute Gasteiger partial charge is 0.479 e. The zero-order valence-corrected chi connectivity index (χ0v) is 9.28. The number of carbonyl (C=O) groups is 1. The van der Waals surface area contributed by atoms with Crippen LogP contribution < -0.4 is 0 Å². The van der Waals surface area contributed by atoms with Gasteiger partial charge in [0, 0.05) is 5.92 Å². The highest BCUT2D eigenvalue weighted by Crippen LogP contribution is 2.35. The van der Waals surface area contributed by atoms with E-state index in [0.29, 0.717) is 0 Å². The van der Waals surface area contributed by atoms with Crippen molar-refractivity contribution in [2.24, 2.45) is 5.92 Å². The van der Waals surface area contributed by atoms with Crippen LogP contribution in [0.2, 0.25) is 0 Å². The Hall–Kier alpha value is -0.830. The second-order valence-electron chi connectivity index (χ2n) is 4.30. The van der Waals surface area contributed by atoms with Gasteiger partial charge in [-0.1, -0.05) is 32.3 Å². The summed E-state index contributed by atoms with van der Waals surface area (Å²) in [4.78, 5) is 11.1. The van der Waals surface area contributed by atoms with Gasteiger partial charge in [0.05, 0.1) is 0 Å². The van der Waals surface area contributed by atoms with Crippen molar-refractivity contribution in [1.82, 2.24) is 0 Å². The molecule has 1 rings (SSSR count). The first-order valence-electron chi connectivity index (χ1n) is 5.74. The lowest BCUT2D eigenvalue weighted by Crippen LogP contribution is -2.43. The lowest BCUT2D eigenvalue weighted by Gasteiger charge is -2.26. The standard InChI is InChI=1S/C12H20O3/c1-2-3-6-9-12(15,11(13)14)10-7-4-5-8-10/h6,9-10,15H,2-5,7-8H2,1H3,(H,13,14). The third kappa shape index (κ3) is 2.81. The maximum Gasteiger partial charge on any atom is 0.340 e. The quantitative estimate of drug-likeness (QED) is 0.688. The smallest absolute Gasteiger partial charge is 0.340 e. The summed E-state index contributed by atoms with van der Waals surface area (Å²) in [6.07, 6.45) is 8.75. The van der Waals surface area contributed by atoms with E-state index in [1.807, 2.05) is 6.92 Å². The van der Waals surface area contributed by atoms with Crippen molar-refractivity contribution in [1.29, 1.82) is 0 Å². The minimum atomic E-state index is -1.63. The van der Waals surface area contributed by atoms with Crippen molar-refractivity contribution < 1.29 is 15.0 Å². The molecule has 1 unspecified atom stereocenters. The second-order valence-corrected chi connectivity index (χ2v) is 4.30. The Morgan fingerprint density at radius 2 is 2.07 bits per heavy atom. The summed E-state index contributed by atoms with van der Waals surface area (Å²) in [6.45, 7) is 2.03. The molecular weight excluding hydrogens is 192 g/mol. The molecule has 1 atom stereocenters. The van der Waals surface area contributed by atoms with Crippen LogP contribution in [0.4, 0.5) is 0 Å². The molecule has 86 valence electrons. The summed E-state index contributed by atoms with van der Waals surface area (Å²) < 4.78 is 0. The summed E-state index contributed by atoms with van der Waals surface area (Å²) in [5.41, 5.74) is -1.63. The van der Waals surface area contributed by atoms with Crippen molar-refractivity contribution in [2.45, 2.75) is 51.0 Å². The first-order chi connectivity index (χ1) is 7.11. The molecule has 3 heteroatoms. The van der Waals surface area contributed by atoms with Crippen LogP contribution in [0.3, 0.4) is 0 Å². The van der Waals surface area contributed by atoms with Gasteiger partial charge in [0.25, 0.3) is 0 Å². The van der Waals surface area contributed by atoms with Crippen LogP contribution in [0.5, 0.6) is 0 Å². The van der Waals surface area contributed by atoms with Crippen molar-refractivity contribution in [3.8, 4) is 0 Å². The van der Waals surface area contributed by atoms with Gasteiger partial charge in [0.1, 0.15) is 0 Å². The number of carboxylic acid groups (broad SMARTS) is 1. The zero-order chi connectivity index (χ0) is 11.3. The first-order valence-corrected chi connectivity index (χ1v) is 5.74. The van der Waals surface area contributed by atoms with Gasteiger partial charge in [-0.05, 0) is 25.3 Å². The Kier molecular flexibility index (Phi) is 4.33. The molecule has 1 aliphatic rings. The highest BCUT2D eigenvalue weighted by molar-refractivity contribution is 5.80. The molecule has 0 heterocycles. The van der Waals surface area contributed by atoms with Crippen molar-refractivity contribution >= 4 is 5.97 Å². The molecule has 0 amide bonds. The molecule has 0 aromatic heterocycles. The number of rotatable bonds is 5. The molecule has 0 bridgehead atoms. The molecule has 3 nitrogen and oxygen atoms in total. The van der Waals surface area contributed by atoms with Gasteiger partial charge in [-0.15, -0.1) is 0 Å². The van der Waals surface area contributed by atoms with Gasteiger partial charge in [0.15, 0.2) is 5.60 Å². The fourth-order valence-corrected chi connectivity index (χ4v) is 2.18. The summed E-state index contributed by atoms with van der Waals surface area (Å²) >= 11 is 0. The predicted molar refractivity (Wildman–Crippen MR) is 58.6 cm³/mol. The van der Waals surface area contributed by atoms with Gasteiger partial charge < -0.3 is 10.2 Å². The van der Waals surface area contributed by atoms with Crippen molar-refractivity contribution in [3.63, 3.8) is 0 Å². The van der Waals surface area contributed by atoms with E-state index in [4.69, 9.17) is 5.11 Å². The van der Waals surface area contributed by atoms with E-state index in [9.17, 15) is 9.90 Å². The minimum Gasteiger partial charge on any atom is -0.479 e. The molecule has 0 spiro atoms. The molecule has 0 aromatic carbocycles. The van der Waals surface area contributed by atoms with Crippen LogP contribution in [0, 0.1) is 5.92 Å². The Bertz CT molecular complexity index is 241. The molecule has 1 fully saturated rings. The van der Waals surface area contributed by atoms with E-state index in [-0.39, 0.29) is 5.92 Å². The maximum atomic E-state index is 11.1. The summed E-state index contributed by atoms with van der Waals surface area (Å²) in [6, 6.07) is 0. The van der Waals surface area contributed by atoms with E-state index >= 15 is 0 Å². The number of allylic oxidation sites excluding steroid dienone is 1. The van der Waals surface area contributed by atoms with Gasteiger partial charge in [-0.2, -0.15) is 0 Å².